The molecule has 9 aromatic carbocycles. The summed E-state index contributed by atoms with van der Waals surface area (Å²) in [4.78, 5) is 2.37. The molecule has 1 aliphatic rings. The number of hydrogen-bond acceptors (Lipinski definition) is 2. The highest BCUT2D eigenvalue weighted by Gasteiger charge is 2.46. The molecule has 1 aliphatic carbocycles. The van der Waals surface area contributed by atoms with E-state index >= 15 is 0 Å². The van der Waals surface area contributed by atoms with Crippen LogP contribution in [0.4, 0.5) is 17.1 Å². The number of furan rings is 1. The van der Waals surface area contributed by atoms with Gasteiger partial charge < -0.3 is 9.32 Å². The molecule has 0 aliphatic heterocycles. The minimum absolute atomic E-state index is 0.453. The zero-order chi connectivity index (χ0) is 36.3. The summed E-state index contributed by atoms with van der Waals surface area (Å²) < 4.78 is 6.62. The minimum Gasteiger partial charge on any atom is -0.456 e. The lowest BCUT2D eigenvalue weighted by molar-refractivity contribution is 0.669. The highest BCUT2D eigenvalue weighted by Crippen LogP contribution is 2.57. The van der Waals surface area contributed by atoms with E-state index in [4.69, 9.17) is 4.42 Å². The van der Waals surface area contributed by atoms with Crippen LogP contribution in [0.15, 0.2) is 217 Å². The maximum atomic E-state index is 6.62. The van der Waals surface area contributed by atoms with Gasteiger partial charge in [-0.05, 0) is 97.7 Å². The van der Waals surface area contributed by atoms with E-state index in [0.29, 0.717) is 0 Å². The maximum absolute atomic E-state index is 6.62. The summed E-state index contributed by atoms with van der Waals surface area (Å²) in [5.41, 5.74) is 14.5. The Bertz CT molecular complexity index is 2980. The lowest BCUT2D eigenvalue weighted by Crippen LogP contribution is -2.28. The van der Waals surface area contributed by atoms with Gasteiger partial charge in [0.2, 0.25) is 0 Å². The molecule has 0 saturated carbocycles. The normalized spacial score (nSPS) is 12.9. The van der Waals surface area contributed by atoms with Crippen molar-refractivity contribution in [2.45, 2.75) is 5.41 Å². The Hall–Kier alpha value is -7.16. The first-order chi connectivity index (χ1) is 27.3. The molecule has 55 heavy (non-hydrogen) atoms. The third kappa shape index (κ3) is 4.82. The fourth-order valence-electron chi connectivity index (χ4n) is 9.13. The monoisotopic (exact) mass is 701 g/mol. The van der Waals surface area contributed by atoms with Crippen LogP contribution in [0.1, 0.15) is 22.3 Å². The Balaban J connectivity index is 1.13. The van der Waals surface area contributed by atoms with Gasteiger partial charge in [0, 0.05) is 33.9 Å². The zero-order valence-electron chi connectivity index (χ0n) is 30.1. The number of rotatable bonds is 6. The molecule has 0 N–H and O–H groups in total. The van der Waals surface area contributed by atoms with Gasteiger partial charge in [0.05, 0.1) is 5.41 Å². The van der Waals surface area contributed by atoms with Gasteiger partial charge in [-0.1, -0.05) is 164 Å². The Labute approximate surface area is 320 Å². The van der Waals surface area contributed by atoms with Gasteiger partial charge in [-0.2, -0.15) is 0 Å². The molecule has 1 heterocycles. The summed E-state index contributed by atoms with van der Waals surface area (Å²) in [5, 5.41) is 4.69. The highest BCUT2D eigenvalue weighted by atomic mass is 16.3. The zero-order valence-corrected chi connectivity index (χ0v) is 30.1. The molecule has 258 valence electrons. The average molecular weight is 702 g/mol. The molecule has 2 nitrogen and oxygen atoms in total. The largest absolute Gasteiger partial charge is 0.456 e. The fraction of sp³-hybridized carbons (Fsp3) is 0.0189. The van der Waals surface area contributed by atoms with Crippen molar-refractivity contribution in [1.29, 1.82) is 0 Å². The Morgan fingerprint density at radius 2 is 0.945 bits per heavy atom. The van der Waals surface area contributed by atoms with E-state index < -0.39 is 5.41 Å². The predicted molar refractivity (Wildman–Crippen MR) is 229 cm³/mol. The number of fused-ring (bicyclic) bond motifs is 8. The van der Waals surface area contributed by atoms with Crippen molar-refractivity contribution in [3.8, 4) is 22.3 Å². The van der Waals surface area contributed by atoms with Gasteiger partial charge in [-0.25, -0.2) is 0 Å². The second-order valence-corrected chi connectivity index (χ2v) is 14.4. The Kier molecular flexibility index (Phi) is 7.11. The number of hydrogen-bond donors (Lipinski definition) is 0. The van der Waals surface area contributed by atoms with Crippen molar-refractivity contribution in [3.05, 3.63) is 235 Å². The number of benzene rings is 9. The quantitative estimate of drug-likeness (QED) is 0.172. The average Bonchev–Trinajstić information content (AvgIpc) is 3.79. The van der Waals surface area contributed by atoms with Gasteiger partial charge in [0.1, 0.15) is 11.2 Å². The third-order valence-corrected chi connectivity index (χ3v) is 11.5. The number of nitrogens with zero attached hydrogens (tertiary/aromatic N) is 1. The van der Waals surface area contributed by atoms with Crippen LogP contribution < -0.4 is 4.90 Å². The van der Waals surface area contributed by atoms with E-state index in [9.17, 15) is 0 Å². The van der Waals surface area contributed by atoms with Crippen molar-refractivity contribution in [2.75, 3.05) is 4.90 Å². The summed E-state index contributed by atoms with van der Waals surface area (Å²) >= 11 is 0. The van der Waals surface area contributed by atoms with E-state index in [1.54, 1.807) is 0 Å². The van der Waals surface area contributed by atoms with Crippen LogP contribution >= 0.6 is 0 Å². The van der Waals surface area contributed by atoms with Gasteiger partial charge in [0.15, 0.2) is 0 Å². The molecule has 1 aromatic heterocycles. The standard InChI is InChI=1S/C53H35NO/c1-4-14-36(15-5-1)37-24-27-41(28-25-37)54(43-29-31-46-51(35-43)55-50-33-26-38-16-10-11-21-44(38)52(46)50)42-30-32-49-47(34-42)45-22-12-13-23-48(45)53(49,39-17-6-2-7-18-39)40-19-8-3-9-20-40/h1-35H. The van der Waals surface area contributed by atoms with Crippen molar-refractivity contribution in [3.63, 3.8) is 0 Å². The fourth-order valence-corrected chi connectivity index (χ4v) is 9.13. The second kappa shape index (κ2) is 12.5. The van der Waals surface area contributed by atoms with E-state index in [0.717, 1.165) is 39.0 Å². The molecule has 10 aromatic rings. The predicted octanol–water partition coefficient (Wildman–Crippen LogP) is 14.2. The summed E-state index contributed by atoms with van der Waals surface area (Å²) in [6, 6.07) is 76.9. The molecule has 0 saturated heterocycles. The van der Waals surface area contributed by atoms with Crippen LogP contribution in [0.3, 0.4) is 0 Å². The van der Waals surface area contributed by atoms with Crippen LogP contribution in [0.5, 0.6) is 0 Å². The van der Waals surface area contributed by atoms with Gasteiger partial charge in [-0.15, -0.1) is 0 Å². The van der Waals surface area contributed by atoms with Crippen molar-refractivity contribution in [2.24, 2.45) is 0 Å². The molecular formula is C53H35NO. The Morgan fingerprint density at radius 1 is 0.364 bits per heavy atom. The van der Waals surface area contributed by atoms with E-state index in [2.05, 4.69) is 217 Å². The maximum Gasteiger partial charge on any atom is 0.137 e. The van der Waals surface area contributed by atoms with E-state index in [-0.39, 0.29) is 0 Å². The molecule has 0 atom stereocenters. The second-order valence-electron chi connectivity index (χ2n) is 14.4. The number of anilines is 3. The molecule has 0 unspecified atom stereocenters. The molecule has 0 radical (unpaired) electrons. The van der Waals surface area contributed by atoms with Crippen LogP contribution in [0.2, 0.25) is 0 Å². The van der Waals surface area contributed by atoms with Gasteiger partial charge >= 0.3 is 0 Å². The van der Waals surface area contributed by atoms with Gasteiger partial charge in [0.25, 0.3) is 0 Å². The molecule has 0 bridgehead atoms. The van der Waals surface area contributed by atoms with Crippen LogP contribution in [0.25, 0.3) is 55.0 Å². The first-order valence-electron chi connectivity index (χ1n) is 18.9. The topological polar surface area (TPSA) is 16.4 Å². The molecule has 0 fully saturated rings. The van der Waals surface area contributed by atoms with Gasteiger partial charge in [-0.3, -0.25) is 0 Å². The first-order valence-corrected chi connectivity index (χ1v) is 18.9. The van der Waals surface area contributed by atoms with Crippen LogP contribution in [-0.2, 0) is 5.41 Å². The molecule has 0 amide bonds. The molecule has 0 spiro atoms. The molecule has 11 rings (SSSR count). The van der Waals surface area contributed by atoms with E-state index in [1.807, 2.05) is 0 Å². The van der Waals surface area contributed by atoms with Crippen molar-refractivity contribution >= 4 is 49.8 Å². The lowest BCUT2D eigenvalue weighted by Gasteiger charge is -2.34. The van der Waals surface area contributed by atoms with Crippen LogP contribution in [-0.4, -0.2) is 0 Å². The molecular weight excluding hydrogens is 667 g/mol. The van der Waals surface area contributed by atoms with Crippen molar-refractivity contribution in [1.82, 2.24) is 0 Å². The smallest absolute Gasteiger partial charge is 0.137 e. The summed E-state index contributed by atoms with van der Waals surface area (Å²) in [6.45, 7) is 0. The van der Waals surface area contributed by atoms with Crippen LogP contribution in [0, 0.1) is 0 Å². The highest BCUT2D eigenvalue weighted by molar-refractivity contribution is 6.19. The third-order valence-electron chi connectivity index (χ3n) is 11.5. The first kappa shape index (κ1) is 31.4. The lowest BCUT2D eigenvalue weighted by atomic mass is 9.68. The Morgan fingerprint density at radius 3 is 1.71 bits per heavy atom. The summed E-state index contributed by atoms with van der Waals surface area (Å²) in [6.07, 6.45) is 0. The summed E-state index contributed by atoms with van der Waals surface area (Å²) in [7, 11) is 0. The SMILES string of the molecule is c1ccc(-c2ccc(N(c3ccc4c(c3)-c3ccccc3C4(c3ccccc3)c3ccccc3)c3ccc4c(c3)oc3ccc5ccccc5c34)cc2)cc1. The minimum atomic E-state index is -0.453. The van der Waals surface area contributed by atoms with Crippen molar-refractivity contribution < 1.29 is 4.42 Å². The molecule has 2 heteroatoms. The van der Waals surface area contributed by atoms with E-state index in [1.165, 1.54) is 55.3 Å². The summed E-state index contributed by atoms with van der Waals surface area (Å²) in [5.74, 6) is 0.